The van der Waals surface area contributed by atoms with Crippen molar-refractivity contribution in [1.29, 1.82) is 0 Å². The lowest BCUT2D eigenvalue weighted by atomic mass is 9.76. The Kier molecular flexibility index (Phi) is 8.15. The molecule has 2 aromatic rings. The fourth-order valence-corrected chi connectivity index (χ4v) is 5.35. The Labute approximate surface area is 187 Å². The molecule has 31 heavy (non-hydrogen) atoms. The van der Waals surface area contributed by atoms with Gasteiger partial charge in [0.2, 0.25) is 5.91 Å². The second kappa shape index (κ2) is 10.8. The molecule has 8 heteroatoms. The molecule has 0 aliphatic carbocycles. The van der Waals surface area contributed by atoms with Gasteiger partial charge in [-0.1, -0.05) is 30.3 Å². The van der Waals surface area contributed by atoms with Gasteiger partial charge in [-0.2, -0.15) is 11.8 Å². The van der Waals surface area contributed by atoms with E-state index < -0.39 is 0 Å². The second-order valence-corrected chi connectivity index (χ2v) is 9.25. The van der Waals surface area contributed by atoms with Gasteiger partial charge in [-0.15, -0.1) is 0 Å². The zero-order valence-corrected chi connectivity index (χ0v) is 19.0. The largest absolute Gasteiger partial charge is 0.483 e. The quantitative estimate of drug-likeness (QED) is 0.656. The number of aromatic nitrogens is 1. The molecule has 1 amide bonds. The Morgan fingerprint density at radius 1 is 1.32 bits per heavy atom. The number of thioether (sulfide) groups is 1. The smallest absolute Gasteiger partial charge is 0.290 e. The number of aryl methyl sites for hydroxylation is 2. The molecule has 2 aliphatic heterocycles. The van der Waals surface area contributed by atoms with E-state index in [4.69, 9.17) is 14.3 Å². The lowest BCUT2D eigenvalue weighted by molar-refractivity contribution is -0.128. The van der Waals surface area contributed by atoms with Gasteiger partial charge < -0.3 is 14.4 Å². The topological polar surface area (TPSA) is 86.9 Å². The summed E-state index contributed by atoms with van der Waals surface area (Å²) in [4.78, 5) is 30.0. The van der Waals surface area contributed by atoms with Crippen molar-refractivity contribution in [3.8, 4) is 0 Å². The van der Waals surface area contributed by atoms with Gasteiger partial charge in [0.15, 0.2) is 5.89 Å². The number of fused-ring (bicyclic) bond motifs is 1. The minimum atomic E-state index is -0.250. The first-order valence-electron chi connectivity index (χ1n) is 10.5. The molecule has 1 N–H and O–H groups in total. The maximum atomic E-state index is 12.5. The van der Waals surface area contributed by atoms with Crippen molar-refractivity contribution < 1.29 is 19.1 Å². The van der Waals surface area contributed by atoms with Gasteiger partial charge in [0.25, 0.3) is 6.47 Å². The van der Waals surface area contributed by atoms with Crippen molar-refractivity contribution in [2.75, 3.05) is 38.2 Å². The van der Waals surface area contributed by atoms with Crippen molar-refractivity contribution in [3.63, 3.8) is 0 Å². The normalized spacial score (nSPS) is 22.6. The number of rotatable bonds is 7. The first-order valence-corrected chi connectivity index (χ1v) is 11.9. The summed E-state index contributed by atoms with van der Waals surface area (Å²) in [5, 5.41) is 6.89. The van der Waals surface area contributed by atoms with Crippen LogP contribution in [0.4, 0.5) is 0 Å². The van der Waals surface area contributed by atoms with E-state index in [9.17, 15) is 4.79 Å². The molecule has 168 valence electrons. The van der Waals surface area contributed by atoms with Crippen molar-refractivity contribution >= 4 is 24.1 Å². The van der Waals surface area contributed by atoms with E-state index in [-0.39, 0.29) is 11.9 Å². The van der Waals surface area contributed by atoms with Gasteiger partial charge in [-0.3, -0.25) is 14.5 Å². The van der Waals surface area contributed by atoms with Crippen LogP contribution in [0.25, 0.3) is 0 Å². The Bertz CT molecular complexity index is 860. The lowest BCUT2D eigenvalue weighted by Gasteiger charge is -2.29. The highest BCUT2D eigenvalue weighted by Crippen LogP contribution is 2.46. The fraction of sp³-hybridized carbons (Fsp3) is 0.522. The van der Waals surface area contributed by atoms with Crippen LogP contribution >= 0.6 is 11.8 Å². The Morgan fingerprint density at radius 2 is 2.06 bits per heavy atom. The summed E-state index contributed by atoms with van der Waals surface area (Å²) in [5.41, 5.74) is 2.57. The number of carbonyl (C=O) groups excluding carboxylic acids is 1. The van der Waals surface area contributed by atoms with Crippen LogP contribution < -0.4 is 0 Å². The summed E-state index contributed by atoms with van der Waals surface area (Å²) in [6.45, 7) is 6.31. The summed E-state index contributed by atoms with van der Waals surface area (Å²) in [7, 11) is 0. The average Bonchev–Trinajstić information content (AvgIpc) is 3.40. The number of likely N-dealkylation sites (tertiary alicyclic amines) is 2. The van der Waals surface area contributed by atoms with Crippen LogP contribution in [0.3, 0.4) is 0 Å². The first-order chi connectivity index (χ1) is 15.0. The molecule has 2 unspecified atom stereocenters. The molecule has 7 nitrogen and oxygen atoms in total. The maximum Gasteiger partial charge on any atom is 0.290 e. The van der Waals surface area contributed by atoms with Crippen LogP contribution in [-0.4, -0.2) is 70.5 Å². The molecule has 0 bridgehead atoms. The zero-order valence-electron chi connectivity index (χ0n) is 18.2. The molecule has 4 rings (SSSR count). The summed E-state index contributed by atoms with van der Waals surface area (Å²) >= 11 is 1.62. The number of hydrogen-bond acceptors (Lipinski definition) is 6. The zero-order chi connectivity index (χ0) is 22.3. The molecule has 0 saturated carbocycles. The van der Waals surface area contributed by atoms with Gasteiger partial charge in [0.1, 0.15) is 6.26 Å². The van der Waals surface area contributed by atoms with E-state index in [1.165, 1.54) is 5.56 Å². The minimum Gasteiger partial charge on any atom is -0.483 e. The third kappa shape index (κ3) is 5.89. The van der Waals surface area contributed by atoms with Gasteiger partial charge in [-0.05, 0) is 30.6 Å². The molecule has 2 atom stereocenters. The molecule has 1 aromatic carbocycles. The minimum absolute atomic E-state index is 0.183. The summed E-state index contributed by atoms with van der Waals surface area (Å²) in [5.74, 6) is 2.14. The third-order valence-corrected chi connectivity index (χ3v) is 6.79. The van der Waals surface area contributed by atoms with Gasteiger partial charge >= 0.3 is 0 Å². The molecule has 0 radical (unpaired) electrons. The van der Waals surface area contributed by atoms with Crippen LogP contribution in [0.1, 0.15) is 23.6 Å². The summed E-state index contributed by atoms with van der Waals surface area (Å²) < 4.78 is 5.38. The highest BCUT2D eigenvalue weighted by Gasteiger charge is 2.52. The fourth-order valence-electron chi connectivity index (χ4n) is 4.92. The van der Waals surface area contributed by atoms with Crippen LogP contribution in [0.15, 0.2) is 41.0 Å². The number of nitrogens with zero attached hydrogens (tertiary/aromatic N) is 3. The number of benzene rings is 1. The van der Waals surface area contributed by atoms with E-state index in [1.807, 2.05) is 13.2 Å². The highest BCUT2D eigenvalue weighted by molar-refractivity contribution is 7.99. The number of hydrogen-bond donors (Lipinski definition) is 1. The molecule has 1 aromatic heterocycles. The molecule has 3 heterocycles. The van der Waals surface area contributed by atoms with Gasteiger partial charge in [-0.25, -0.2) is 4.98 Å². The van der Waals surface area contributed by atoms with E-state index in [2.05, 4.69) is 45.1 Å². The van der Waals surface area contributed by atoms with Crippen molar-refractivity contribution in [1.82, 2.24) is 14.8 Å². The maximum absolute atomic E-state index is 12.5. The van der Waals surface area contributed by atoms with Crippen LogP contribution in [0.2, 0.25) is 0 Å². The monoisotopic (exact) mass is 445 g/mol. The van der Waals surface area contributed by atoms with Gasteiger partial charge in [0, 0.05) is 45.1 Å². The Morgan fingerprint density at radius 3 is 2.71 bits per heavy atom. The SMILES string of the molecule is CSCC(=O)N1CC2CN(Cc3coc(C)n3)CC2(CCc2ccccc2)C1.O=CO. The van der Waals surface area contributed by atoms with Gasteiger partial charge in [0.05, 0.1) is 11.4 Å². The van der Waals surface area contributed by atoms with E-state index in [0.29, 0.717) is 17.6 Å². The van der Waals surface area contributed by atoms with Crippen molar-refractivity contribution in [2.24, 2.45) is 11.3 Å². The van der Waals surface area contributed by atoms with Crippen molar-refractivity contribution in [3.05, 3.63) is 53.7 Å². The second-order valence-electron chi connectivity index (χ2n) is 8.39. The van der Waals surface area contributed by atoms with Crippen molar-refractivity contribution in [2.45, 2.75) is 26.3 Å². The van der Waals surface area contributed by atoms with E-state index in [1.54, 1.807) is 18.0 Å². The molecule has 0 spiro atoms. The third-order valence-electron chi connectivity index (χ3n) is 6.26. The highest BCUT2D eigenvalue weighted by atomic mass is 32.2. The molecule has 2 aliphatic rings. The average molecular weight is 446 g/mol. The first kappa shape index (κ1) is 23.3. The Hall–Kier alpha value is -2.32. The summed E-state index contributed by atoms with van der Waals surface area (Å²) in [6, 6.07) is 10.7. The Balaban J connectivity index is 0.000000858. The standard InChI is InChI=1S/C22H29N3O2S.CH2O2/c1-17-23-20(13-27-17)12-24-10-19-11-25(21(26)14-28-2)16-22(19,15-24)9-8-18-6-4-3-5-7-18;2-1-3/h3-7,13,19H,8-12,14-16H2,1-2H3;1H,(H,2,3). The van der Waals surface area contributed by atoms with Crippen LogP contribution in [0.5, 0.6) is 0 Å². The molecular formula is C23H31N3O4S. The predicted octanol–water partition coefficient (Wildman–Crippen LogP) is 2.94. The number of carboxylic acid groups (broad SMARTS) is 1. The summed E-state index contributed by atoms with van der Waals surface area (Å²) in [6.07, 6.45) is 5.97. The van der Waals surface area contributed by atoms with Crippen LogP contribution in [-0.2, 0) is 22.6 Å². The predicted molar refractivity (Wildman–Crippen MR) is 121 cm³/mol. The lowest BCUT2D eigenvalue weighted by Crippen LogP contribution is -2.37. The molecule has 2 saturated heterocycles. The number of amides is 1. The van der Waals surface area contributed by atoms with Crippen LogP contribution in [0, 0.1) is 18.3 Å². The number of oxazole rings is 1. The molecule has 2 fully saturated rings. The van der Waals surface area contributed by atoms with E-state index >= 15 is 0 Å². The molecular weight excluding hydrogens is 414 g/mol. The number of carbonyl (C=O) groups is 2. The van der Waals surface area contributed by atoms with E-state index in [0.717, 1.165) is 57.2 Å².